The first kappa shape index (κ1) is 14.1. The van der Waals surface area contributed by atoms with E-state index in [4.69, 9.17) is 4.74 Å². The molecule has 0 atom stereocenters. The standard InChI is InChI=1S/C15H18N2O3/c1-4-17-12(8-11(3)16-17)9-20-14-10(2)6-5-7-13(14)15(18)19/h5-8H,4,9H2,1-3H3,(H,18,19). The van der Waals surface area contributed by atoms with Crippen molar-refractivity contribution < 1.29 is 14.6 Å². The van der Waals surface area contributed by atoms with Gasteiger partial charge in [-0.05, 0) is 38.5 Å². The van der Waals surface area contributed by atoms with Crippen molar-refractivity contribution in [2.24, 2.45) is 0 Å². The summed E-state index contributed by atoms with van der Waals surface area (Å²) in [4.78, 5) is 11.2. The van der Waals surface area contributed by atoms with Gasteiger partial charge in [0.1, 0.15) is 17.9 Å². The number of carboxylic acid groups (broad SMARTS) is 1. The van der Waals surface area contributed by atoms with E-state index < -0.39 is 5.97 Å². The molecule has 0 unspecified atom stereocenters. The second kappa shape index (κ2) is 5.77. The van der Waals surface area contributed by atoms with Gasteiger partial charge < -0.3 is 9.84 Å². The Morgan fingerprint density at radius 2 is 2.15 bits per heavy atom. The number of aromatic carboxylic acids is 1. The normalized spacial score (nSPS) is 10.6. The third-order valence-corrected chi connectivity index (χ3v) is 3.09. The molecule has 5 nitrogen and oxygen atoms in total. The third kappa shape index (κ3) is 2.82. The van der Waals surface area contributed by atoms with E-state index in [1.165, 1.54) is 0 Å². The number of carbonyl (C=O) groups is 1. The van der Waals surface area contributed by atoms with Crippen molar-refractivity contribution in [2.75, 3.05) is 0 Å². The number of ether oxygens (including phenoxy) is 1. The molecule has 20 heavy (non-hydrogen) atoms. The lowest BCUT2D eigenvalue weighted by Gasteiger charge is -2.12. The molecule has 5 heteroatoms. The van der Waals surface area contributed by atoms with Gasteiger partial charge in [0, 0.05) is 6.54 Å². The molecule has 2 aromatic rings. The average molecular weight is 274 g/mol. The Kier molecular flexibility index (Phi) is 4.08. The van der Waals surface area contributed by atoms with Gasteiger partial charge >= 0.3 is 5.97 Å². The van der Waals surface area contributed by atoms with Crippen LogP contribution >= 0.6 is 0 Å². The minimum absolute atomic E-state index is 0.185. The predicted molar refractivity (Wildman–Crippen MR) is 75.1 cm³/mol. The lowest BCUT2D eigenvalue weighted by molar-refractivity contribution is 0.0691. The van der Waals surface area contributed by atoms with Crippen LogP contribution in [0.15, 0.2) is 24.3 Å². The van der Waals surface area contributed by atoms with E-state index in [2.05, 4.69) is 5.10 Å². The van der Waals surface area contributed by atoms with Gasteiger partial charge in [-0.25, -0.2) is 4.79 Å². The van der Waals surface area contributed by atoms with Gasteiger partial charge in [0.2, 0.25) is 0 Å². The summed E-state index contributed by atoms with van der Waals surface area (Å²) in [6.45, 7) is 6.83. The van der Waals surface area contributed by atoms with E-state index in [0.29, 0.717) is 12.4 Å². The van der Waals surface area contributed by atoms with Gasteiger partial charge in [-0.15, -0.1) is 0 Å². The summed E-state index contributed by atoms with van der Waals surface area (Å²) in [5.74, 6) is -0.564. The lowest BCUT2D eigenvalue weighted by atomic mass is 10.1. The Morgan fingerprint density at radius 3 is 2.80 bits per heavy atom. The predicted octanol–water partition coefficient (Wildman–Crippen LogP) is 2.80. The molecule has 106 valence electrons. The SMILES string of the molecule is CCn1nc(C)cc1COc1c(C)cccc1C(=O)O. The summed E-state index contributed by atoms with van der Waals surface area (Å²) in [6, 6.07) is 7.05. The number of carboxylic acids is 1. The molecule has 0 aliphatic rings. The number of aromatic nitrogens is 2. The summed E-state index contributed by atoms with van der Waals surface area (Å²) < 4.78 is 7.58. The maximum absolute atomic E-state index is 11.2. The zero-order valence-electron chi connectivity index (χ0n) is 11.9. The van der Waals surface area contributed by atoms with Crippen LogP contribution < -0.4 is 4.74 Å². The molecule has 0 saturated heterocycles. The highest BCUT2D eigenvalue weighted by atomic mass is 16.5. The van der Waals surface area contributed by atoms with E-state index in [1.807, 2.05) is 37.6 Å². The maximum atomic E-state index is 11.2. The highest BCUT2D eigenvalue weighted by Gasteiger charge is 2.14. The van der Waals surface area contributed by atoms with Crippen LogP contribution in [0.1, 0.15) is 34.2 Å². The summed E-state index contributed by atoms with van der Waals surface area (Å²) >= 11 is 0. The zero-order chi connectivity index (χ0) is 14.7. The number of para-hydroxylation sites is 1. The third-order valence-electron chi connectivity index (χ3n) is 3.09. The van der Waals surface area contributed by atoms with Crippen molar-refractivity contribution in [3.8, 4) is 5.75 Å². The number of aryl methyl sites for hydroxylation is 3. The molecule has 1 aromatic carbocycles. The van der Waals surface area contributed by atoms with E-state index in [9.17, 15) is 9.90 Å². The van der Waals surface area contributed by atoms with E-state index >= 15 is 0 Å². The molecule has 0 spiro atoms. The zero-order valence-corrected chi connectivity index (χ0v) is 11.9. The minimum Gasteiger partial charge on any atom is -0.486 e. The first-order chi connectivity index (χ1) is 9.52. The summed E-state index contributed by atoms with van der Waals surface area (Å²) in [7, 11) is 0. The highest BCUT2D eigenvalue weighted by Crippen LogP contribution is 2.24. The molecule has 0 fully saturated rings. The number of hydrogen-bond donors (Lipinski definition) is 1. The molecule has 0 saturated carbocycles. The van der Waals surface area contributed by atoms with E-state index in [-0.39, 0.29) is 5.56 Å². The van der Waals surface area contributed by atoms with Crippen LogP contribution in [0.25, 0.3) is 0 Å². The summed E-state index contributed by atoms with van der Waals surface area (Å²) in [6.07, 6.45) is 0. The Balaban J connectivity index is 2.24. The Bertz CT molecular complexity index is 632. The summed E-state index contributed by atoms with van der Waals surface area (Å²) in [5, 5.41) is 13.5. The second-order valence-corrected chi connectivity index (χ2v) is 4.64. The quantitative estimate of drug-likeness (QED) is 0.910. The summed E-state index contributed by atoms with van der Waals surface area (Å²) in [5.41, 5.74) is 2.85. The number of rotatable bonds is 5. The lowest BCUT2D eigenvalue weighted by Crippen LogP contribution is -2.09. The monoisotopic (exact) mass is 274 g/mol. The maximum Gasteiger partial charge on any atom is 0.339 e. The first-order valence-electron chi connectivity index (χ1n) is 6.52. The van der Waals surface area contributed by atoms with Crippen LogP contribution in [0.2, 0.25) is 0 Å². The fourth-order valence-electron chi connectivity index (χ4n) is 2.15. The van der Waals surface area contributed by atoms with Gasteiger partial charge in [-0.1, -0.05) is 12.1 Å². The van der Waals surface area contributed by atoms with E-state index in [1.54, 1.807) is 12.1 Å². The van der Waals surface area contributed by atoms with Crippen LogP contribution in [-0.2, 0) is 13.2 Å². The van der Waals surface area contributed by atoms with Crippen molar-refractivity contribution >= 4 is 5.97 Å². The molecule has 0 bridgehead atoms. The molecule has 0 amide bonds. The number of nitrogens with zero attached hydrogens (tertiary/aromatic N) is 2. The fraction of sp³-hybridized carbons (Fsp3) is 0.333. The second-order valence-electron chi connectivity index (χ2n) is 4.64. The topological polar surface area (TPSA) is 64.4 Å². The molecule has 1 N–H and O–H groups in total. The van der Waals surface area contributed by atoms with Crippen molar-refractivity contribution in [1.82, 2.24) is 9.78 Å². The Labute approximate surface area is 117 Å². The molecule has 0 aliphatic carbocycles. The van der Waals surface area contributed by atoms with Crippen LogP contribution in [0, 0.1) is 13.8 Å². The van der Waals surface area contributed by atoms with Gasteiger partial charge in [-0.3, -0.25) is 4.68 Å². The van der Waals surface area contributed by atoms with Crippen LogP contribution in [0.5, 0.6) is 5.75 Å². The molecule has 1 aromatic heterocycles. The molecular weight excluding hydrogens is 256 g/mol. The Morgan fingerprint density at radius 1 is 1.40 bits per heavy atom. The van der Waals surface area contributed by atoms with E-state index in [0.717, 1.165) is 23.5 Å². The number of benzene rings is 1. The van der Waals surface area contributed by atoms with Gasteiger partial charge in [0.05, 0.1) is 11.4 Å². The average Bonchev–Trinajstić information content (AvgIpc) is 2.77. The smallest absolute Gasteiger partial charge is 0.339 e. The van der Waals surface area contributed by atoms with Crippen molar-refractivity contribution in [3.63, 3.8) is 0 Å². The molecule has 0 radical (unpaired) electrons. The molecular formula is C15H18N2O3. The highest BCUT2D eigenvalue weighted by molar-refractivity contribution is 5.91. The molecule has 0 aliphatic heterocycles. The molecule has 1 heterocycles. The Hall–Kier alpha value is -2.30. The minimum atomic E-state index is -0.983. The van der Waals surface area contributed by atoms with Gasteiger partial charge in [0.25, 0.3) is 0 Å². The largest absolute Gasteiger partial charge is 0.486 e. The van der Waals surface area contributed by atoms with Crippen LogP contribution in [0.3, 0.4) is 0 Å². The van der Waals surface area contributed by atoms with Crippen LogP contribution in [0.4, 0.5) is 0 Å². The number of hydrogen-bond acceptors (Lipinski definition) is 3. The van der Waals surface area contributed by atoms with Crippen molar-refractivity contribution in [3.05, 3.63) is 46.8 Å². The fourth-order valence-corrected chi connectivity index (χ4v) is 2.15. The van der Waals surface area contributed by atoms with Crippen molar-refractivity contribution in [2.45, 2.75) is 33.9 Å². The van der Waals surface area contributed by atoms with Gasteiger partial charge in [-0.2, -0.15) is 5.10 Å². The molecule has 2 rings (SSSR count). The van der Waals surface area contributed by atoms with Crippen LogP contribution in [-0.4, -0.2) is 20.9 Å². The van der Waals surface area contributed by atoms with Crippen molar-refractivity contribution in [1.29, 1.82) is 0 Å². The first-order valence-corrected chi connectivity index (χ1v) is 6.52. The van der Waals surface area contributed by atoms with Gasteiger partial charge in [0.15, 0.2) is 0 Å².